The summed E-state index contributed by atoms with van der Waals surface area (Å²) in [7, 11) is 0. The lowest BCUT2D eigenvalue weighted by Gasteiger charge is -2.14. The van der Waals surface area contributed by atoms with Gasteiger partial charge in [0.25, 0.3) is 0 Å². The minimum Gasteiger partial charge on any atom is -0.437 e. The maximum Gasteiger partial charge on any atom is 0.227 e. The molecule has 1 amide bonds. The van der Waals surface area contributed by atoms with Crippen molar-refractivity contribution in [1.29, 1.82) is 0 Å². The van der Waals surface area contributed by atoms with Crippen LogP contribution in [0.5, 0.6) is 0 Å². The second-order valence-corrected chi connectivity index (χ2v) is 7.68. The van der Waals surface area contributed by atoms with Gasteiger partial charge in [0, 0.05) is 41.8 Å². The Labute approximate surface area is 175 Å². The fourth-order valence-corrected chi connectivity index (χ4v) is 4.19. The Kier molecular flexibility index (Phi) is 4.51. The van der Waals surface area contributed by atoms with Crippen LogP contribution in [0.3, 0.4) is 0 Å². The molecule has 0 radical (unpaired) electrons. The Morgan fingerprint density at radius 3 is 2.60 bits per heavy atom. The summed E-state index contributed by atoms with van der Waals surface area (Å²) in [6.07, 6.45) is 5.46. The molecule has 30 heavy (non-hydrogen) atoms. The van der Waals surface area contributed by atoms with Gasteiger partial charge in [0.15, 0.2) is 5.58 Å². The van der Waals surface area contributed by atoms with E-state index in [-0.39, 0.29) is 5.91 Å². The summed E-state index contributed by atoms with van der Waals surface area (Å²) < 4.78 is 8.13. The predicted molar refractivity (Wildman–Crippen MR) is 120 cm³/mol. The summed E-state index contributed by atoms with van der Waals surface area (Å²) in [5.41, 5.74) is 7.00. The number of carbonyl (C=O) groups excluding carboxylic acids is 1. The number of oxazole rings is 1. The normalized spacial score (nSPS) is 14.5. The fraction of sp³-hybridized carbons (Fsp3) is 0.200. The van der Waals surface area contributed by atoms with E-state index in [2.05, 4.69) is 41.6 Å². The Morgan fingerprint density at radius 1 is 1.00 bits per heavy atom. The third-order valence-electron chi connectivity index (χ3n) is 5.66. The number of fused-ring (bicyclic) bond motifs is 1. The summed E-state index contributed by atoms with van der Waals surface area (Å²) in [5, 5.41) is 0. The van der Waals surface area contributed by atoms with E-state index < -0.39 is 0 Å². The van der Waals surface area contributed by atoms with E-state index in [1.165, 1.54) is 11.4 Å². The molecule has 2 aromatic heterocycles. The standard InChI is InChI=1S/C25H23N3O2/c1-17-15-19(18(2)28(17)20-7-4-3-5-8-20)10-13-24-26-22-16-21(11-12-23(22)30-24)27-14-6-9-25(27)29/h3-5,7-8,10-13,15-16H,6,9,14H2,1-2H3/b13-10+. The van der Waals surface area contributed by atoms with Gasteiger partial charge in [-0.05, 0) is 68.3 Å². The van der Waals surface area contributed by atoms with E-state index >= 15 is 0 Å². The largest absolute Gasteiger partial charge is 0.437 e. The zero-order chi connectivity index (χ0) is 20.7. The molecule has 0 atom stereocenters. The molecule has 1 aliphatic heterocycles. The maximum atomic E-state index is 12.0. The van der Waals surface area contributed by atoms with Crippen molar-refractivity contribution in [2.45, 2.75) is 26.7 Å². The molecule has 5 nitrogen and oxygen atoms in total. The van der Waals surface area contributed by atoms with Gasteiger partial charge in [0.2, 0.25) is 11.8 Å². The Balaban J connectivity index is 1.44. The summed E-state index contributed by atoms with van der Waals surface area (Å²) in [4.78, 5) is 18.4. The fourth-order valence-electron chi connectivity index (χ4n) is 4.19. The van der Waals surface area contributed by atoms with Crippen LogP contribution in [0.2, 0.25) is 0 Å². The molecule has 4 aromatic rings. The number of benzene rings is 2. The van der Waals surface area contributed by atoms with Crippen molar-refractivity contribution in [1.82, 2.24) is 9.55 Å². The smallest absolute Gasteiger partial charge is 0.227 e. The molecule has 3 heterocycles. The predicted octanol–water partition coefficient (Wildman–Crippen LogP) is 5.53. The van der Waals surface area contributed by atoms with Gasteiger partial charge >= 0.3 is 0 Å². The third-order valence-corrected chi connectivity index (χ3v) is 5.66. The van der Waals surface area contributed by atoms with Gasteiger partial charge in [0.05, 0.1) is 0 Å². The summed E-state index contributed by atoms with van der Waals surface area (Å²) in [6, 6.07) is 18.3. The second kappa shape index (κ2) is 7.34. The van der Waals surface area contributed by atoms with Gasteiger partial charge < -0.3 is 13.9 Å². The van der Waals surface area contributed by atoms with Gasteiger partial charge in [-0.1, -0.05) is 18.2 Å². The van der Waals surface area contributed by atoms with E-state index in [1.54, 1.807) is 0 Å². The first-order valence-corrected chi connectivity index (χ1v) is 10.2. The molecule has 0 saturated carbocycles. The van der Waals surface area contributed by atoms with Crippen molar-refractivity contribution in [2.75, 3.05) is 11.4 Å². The van der Waals surface area contributed by atoms with E-state index in [0.717, 1.165) is 41.0 Å². The number of nitrogens with zero attached hydrogens (tertiary/aromatic N) is 3. The molecule has 1 fully saturated rings. The van der Waals surface area contributed by atoms with Gasteiger partial charge in [0.1, 0.15) is 5.52 Å². The van der Waals surface area contributed by atoms with Crippen LogP contribution in [-0.4, -0.2) is 22.0 Å². The van der Waals surface area contributed by atoms with Crippen LogP contribution in [0.4, 0.5) is 5.69 Å². The van der Waals surface area contributed by atoms with Crippen LogP contribution in [0.1, 0.15) is 35.7 Å². The first kappa shape index (κ1) is 18.4. The molecular weight excluding hydrogens is 374 g/mol. The highest BCUT2D eigenvalue weighted by atomic mass is 16.3. The highest BCUT2D eigenvalue weighted by Gasteiger charge is 2.22. The average molecular weight is 397 g/mol. The highest BCUT2D eigenvalue weighted by Crippen LogP contribution is 2.27. The van der Waals surface area contributed by atoms with Gasteiger partial charge in [-0.15, -0.1) is 0 Å². The number of aryl methyl sites for hydroxylation is 1. The Bertz CT molecular complexity index is 1260. The molecule has 0 N–H and O–H groups in total. The monoisotopic (exact) mass is 397 g/mol. The quantitative estimate of drug-likeness (QED) is 0.455. The number of para-hydroxylation sites is 1. The molecule has 2 aromatic carbocycles. The topological polar surface area (TPSA) is 51.3 Å². The van der Waals surface area contributed by atoms with Crippen LogP contribution in [0.15, 0.2) is 59.0 Å². The summed E-state index contributed by atoms with van der Waals surface area (Å²) >= 11 is 0. The third kappa shape index (κ3) is 3.22. The molecule has 5 rings (SSSR count). The van der Waals surface area contributed by atoms with Crippen LogP contribution < -0.4 is 4.90 Å². The number of hydrogen-bond donors (Lipinski definition) is 0. The first-order chi connectivity index (χ1) is 14.6. The van der Waals surface area contributed by atoms with E-state index in [4.69, 9.17) is 4.42 Å². The lowest BCUT2D eigenvalue weighted by atomic mass is 10.2. The molecule has 5 heteroatoms. The number of amides is 1. The van der Waals surface area contributed by atoms with Gasteiger partial charge in [-0.25, -0.2) is 4.98 Å². The molecule has 0 unspecified atom stereocenters. The SMILES string of the molecule is Cc1cc(/C=C/c2nc3cc(N4CCCC4=O)ccc3o2)c(C)n1-c1ccccc1. The lowest BCUT2D eigenvalue weighted by Crippen LogP contribution is -2.23. The number of carbonyl (C=O) groups is 1. The maximum absolute atomic E-state index is 12.0. The van der Waals surface area contributed by atoms with Crippen molar-refractivity contribution in [3.8, 4) is 5.69 Å². The van der Waals surface area contributed by atoms with Crippen LogP contribution in [-0.2, 0) is 4.79 Å². The number of aromatic nitrogens is 2. The summed E-state index contributed by atoms with van der Waals surface area (Å²) in [6.45, 7) is 5.00. The molecule has 0 aliphatic carbocycles. The van der Waals surface area contributed by atoms with Crippen LogP contribution in [0, 0.1) is 13.8 Å². The molecule has 1 saturated heterocycles. The van der Waals surface area contributed by atoms with Gasteiger partial charge in [-0.2, -0.15) is 0 Å². The van der Waals surface area contributed by atoms with Crippen molar-refractivity contribution in [2.24, 2.45) is 0 Å². The molecule has 1 aliphatic rings. The zero-order valence-electron chi connectivity index (χ0n) is 17.1. The van der Waals surface area contributed by atoms with Crippen molar-refractivity contribution < 1.29 is 9.21 Å². The molecule has 0 bridgehead atoms. The molecule has 150 valence electrons. The van der Waals surface area contributed by atoms with E-state index in [0.29, 0.717) is 12.3 Å². The number of anilines is 1. The molecule has 0 spiro atoms. The minimum absolute atomic E-state index is 0.173. The van der Waals surface area contributed by atoms with Crippen LogP contribution >= 0.6 is 0 Å². The van der Waals surface area contributed by atoms with E-state index in [1.807, 2.05) is 53.5 Å². The minimum atomic E-state index is 0.173. The number of hydrogen-bond acceptors (Lipinski definition) is 3. The second-order valence-electron chi connectivity index (χ2n) is 7.68. The average Bonchev–Trinajstić information content (AvgIpc) is 3.43. The Morgan fingerprint density at radius 2 is 1.83 bits per heavy atom. The van der Waals surface area contributed by atoms with Crippen molar-refractivity contribution in [3.63, 3.8) is 0 Å². The Hall–Kier alpha value is -3.60. The van der Waals surface area contributed by atoms with Crippen LogP contribution in [0.25, 0.3) is 28.9 Å². The first-order valence-electron chi connectivity index (χ1n) is 10.2. The zero-order valence-corrected chi connectivity index (χ0v) is 17.1. The highest BCUT2D eigenvalue weighted by molar-refractivity contribution is 5.97. The van der Waals surface area contributed by atoms with Gasteiger partial charge in [-0.3, -0.25) is 4.79 Å². The van der Waals surface area contributed by atoms with Crippen molar-refractivity contribution >= 4 is 34.8 Å². The summed E-state index contributed by atoms with van der Waals surface area (Å²) in [5.74, 6) is 0.728. The molecular formula is C25H23N3O2. The van der Waals surface area contributed by atoms with Crippen molar-refractivity contribution in [3.05, 3.63) is 77.4 Å². The number of rotatable bonds is 4. The lowest BCUT2D eigenvalue weighted by molar-refractivity contribution is -0.117. The van der Waals surface area contributed by atoms with E-state index in [9.17, 15) is 4.79 Å².